The summed E-state index contributed by atoms with van der Waals surface area (Å²) in [6, 6.07) is 9.73. The molecule has 0 saturated heterocycles. The second-order valence-corrected chi connectivity index (χ2v) is 6.01. The Morgan fingerprint density at radius 3 is 2.55 bits per heavy atom. The molecule has 3 rings (SSSR count). The summed E-state index contributed by atoms with van der Waals surface area (Å²) in [4.78, 5) is 25.0. The second-order valence-electron chi connectivity index (χ2n) is 6.01. The Morgan fingerprint density at radius 1 is 1.09 bits per heavy atom. The molecule has 2 aromatic carbocycles. The van der Waals surface area contributed by atoms with Crippen molar-refractivity contribution in [2.45, 2.75) is 39.5 Å². The average molecular weight is 292 g/mol. The normalized spacial score (nSPS) is 14.7. The van der Waals surface area contributed by atoms with Crippen LogP contribution in [0, 0.1) is 6.92 Å². The fourth-order valence-corrected chi connectivity index (χ4v) is 3.31. The molecule has 22 heavy (non-hydrogen) atoms. The van der Waals surface area contributed by atoms with Gasteiger partial charge in [-0.1, -0.05) is 30.3 Å². The zero-order valence-corrected chi connectivity index (χ0v) is 13.1. The van der Waals surface area contributed by atoms with Crippen molar-refractivity contribution < 1.29 is 9.59 Å². The van der Waals surface area contributed by atoms with E-state index in [0.29, 0.717) is 11.1 Å². The van der Waals surface area contributed by atoms with Crippen LogP contribution in [0.1, 0.15) is 58.9 Å². The third kappa shape index (κ3) is 2.50. The van der Waals surface area contributed by atoms with E-state index in [4.69, 9.17) is 0 Å². The van der Waals surface area contributed by atoms with Crippen molar-refractivity contribution in [2.24, 2.45) is 0 Å². The summed E-state index contributed by atoms with van der Waals surface area (Å²) in [5.74, 6) is 0.103. The Labute approximate surface area is 130 Å². The summed E-state index contributed by atoms with van der Waals surface area (Å²) in [7, 11) is 0. The number of fused-ring (bicyclic) bond motifs is 1. The molecule has 0 spiro atoms. The van der Waals surface area contributed by atoms with Gasteiger partial charge >= 0.3 is 0 Å². The van der Waals surface area contributed by atoms with Gasteiger partial charge in [-0.3, -0.25) is 9.59 Å². The van der Waals surface area contributed by atoms with Crippen LogP contribution in [0.25, 0.3) is 10.8 Å². The average Bonchev–Trinajstić information content (AvgIpc) is 2.54. The minimum atomic E-state index is 0.00919. The molecule has 1 aliphatic rings. The molecule has 0 aliphatic heterocycles. The molecular weight excluding hydrogens is 272 g/mol. The van der Waals surface area contributed by atoms with Gasteiger partial charge in [0.15, 0.2) is 11.6 Å². The van der Waals surface area contributed by atoms with Crippen molar-refractivity contribution in [1.29, 1.82) is 0 Å². The minimum absolute atomic E-state index is 0.00919. The molecule has 0 saturated carbocycles. The van der Waals surface area contributed by atoms with Crippen LogP contribution in [-0.2, 0) is 0 Å². The highest BCUT2D eigenvalue weighted by Crippen LogP contribution is 2.30. The number of rotatable bonds is 3. The number of allylic oxidation sites excluding steroid dienone is 2. The van der Waals surface area contributed by atoms with Crippen molar-refractivity contribution >= 4 is 22.3 Å². The highest BCUT2D eigenvalue weighted by atomic mass is 16.1. The molecule has 0 N–H and O–H groups in total. The van der Waals surface area contributed by atoms with Crippen LogP contribution in [0.5, 0.6) is 0 Å². The first-order chi connectivity index (χ1) is 10.6. The van der Waals surface area contributed by atoms with Crippen LogP contribution in [0.15, 0.2) is 42.0 Å². The fourth-order valence-electron chi connectivity index (χ4n) is 3.31. The Morgan fingerprint density at radius 2 is 1.86 bits per heavy atom. The van der Waals surface area contributed by atoms with Crippen LogP contribution in [-0.4, -0.2) is 11.6 Å². The minimum Gasteiger partial charge on any atom is -0.295 e. The molecule has 0 radical (unpaired) electrons. The first kappa shape index (κ1) is 14.7. The van der Waals surface area contributed by atoms with Gasteiger partial charge in [-0.25, -0.2) is 0 Å². The second kappa shape index (κ2) is 5.88. The van der Waals surface area contributed by atoms with Gasteiger partial charge in [0.2, 0.25) is 0 Å². The molecule has 1 aliphatic carbocycles. The Balaban J connectivity index is 2.26. The lowest BCUT2D eigenvalue weighted by molar-refractivity contribution is 0.101. The summed E-state index contributed by atoms with van der Waals surface area (Å²) >= 11 is 0. The molecule has 2 heteroatoms. The van der Waals surface area contributed by atoms with Crippen LogP contribution in [0.4, 0.5) is 0 Å². The van der Waals surface area contributed by atoms with E-state index in [2.05, 4.69) is 6.08 Å². The van der Waals surface area contributed by atoms with Gasteiger partial charge in [0.25, 0.3) is 0 Å². The lowest BCUT2D eigenvalue weighted by atomic mass is 9.86. The maximum absolute atomic E-state index is 13.0. The number of hydrogen-bond acceptors (Lipinski definition) is 2. The Kier molecular flexibility index (Phi) is 3.93. The zero-order chi connectivity index (χ0) is 15.7. The van der Waals surface area contributed by atoms with E-state index in [1.54, 1.807) is 6.92 Å². The van der Waals surface area contributed by atoms with Crippen molar-refractivity contribution in [1.82, 2.24) is 0 Å². The zero-order valence-electron chi connectivity index (χ0n) is 13.1. The molecule has 0 unspecified atom stereocenters. The molecule has 0 fully saturated rings. The quantitative estimate of drug-likeness (QED) is 0.743. The number of carbonyl (C=O) groups is 2. The van der Waals surface area contributed by atoms with E-state index in [0.717, 1.165) is 47.6 Å². The summed E-state index contributed by atoms with van der Waals surface area (Å²) in [6.45, 7) is 3.45. The van der Waals surface area contributed by atoms with E-state index in [1.807, 2.05) is 37.3 Å². The van der Waals surface area contributed by atoms with Crippen molar-refractivity contribution in [3.05, 3.63) is 58.7 Å². The lowest BCUT2D eigenvalue weighted by Gasteiger charge is -2.17. The van der Waals surface area contributed by atoms with Crippen molar-refractivity contribution in [3.8, 4) is 0 Å². The standard InChI is InChI=1S/C20H20O2/c1-13-18(14(2)21)12-16-10-6-7-11-17(16)19(13)20(22)15-8-4-3-5-9-15/h6-8,10-12H,3-5,9H2,1-2H3. The number of carbonyl (C=O) groups excluding carboxylic acids is 2. The van der Waals surface area contributed by atoms with Gasteiger partial charge in [0.1, 0.15) is 0 Å². The lowest BCUT2D eigenvalue weighted by Crippen LogP contribution is -2.11. The maximum Gasteiger partial charge on any atom is 0.189 e. The molecule has 0 bridgehead atoms. The van der Waals surface area contributed by atoms with Gasteiger partial charge in [0.05, 0.1) is 0 Å². The van der Waals surface area contributed by atoms with Crippen LogP contribution >= 0.6 is 0 Å². The predicted molar refractivity (Wildman–Crippen MR) is 89.6 cm³/mol. The van der Waals surface area contributed by atoms with E-state index >= 15 is 0 Å². The van der Waals surface area contributed by atoms with Crippen LogP contribution < -0.4 is 0 Å². The smallest absolute Gasteiger partial charge is 0.189 e. The van der Waals surface area contributed by atoms with E-state index in [9.17, 15) is 9.59 Å². The molecule has 0 amide bonds. The van der Waals surface area contributed by atoms with Crippen LogP contribution in [0.2, 0.25) is 0 Å². The Hall–Kier alpha value is -2.22. The van der Waals surface area contributed by atoms with Gasteiger partial charge in [0, 0.05) is 11.1 Å². The van der Waals surface area contributed by atoms with Gasteiger partial charge in [-0.2, -0.15) is 0 Å². The summed E-state index contributed by atoms with van der Waals surface area (Å²) < 4.78 is 0. The van der Waals surface area contributed by atoms with Gasteiger partial charge in [-0.15, -0.1) is 0 Å². The fraction of sp³-hybridized carbons (Fsp3) is 0.300. The van der Waals surface area contributed by atoms with E-state index < -0.39 is 0 Å². The number of hydrogen-bond donors (Lipinski definition) is 0. The SMILES string of the molecule is CC(=O)c1cc2ccccc2c(C(=O)C2=CCCCC2)c1C. The summed E-state index contributed by atoms with van der Waals surface area (Å²) in [6.07, 6.45) is 6.12. The molecule has 0 atom stereocenters. The van der Waals surface area contributed by atoms with Crippen LogP contribution in [0.3, 0.4) is 0 Å². The molecule has 112 valence electrons. The summed E-state index contributed by atoms with van der Waals surface area (Å²) in [5, 5.41) is 1.90. The first-order valence-electron chi connectivity index (χ1n) is 7.86. The largest absolute Gasteiger partial charge is 0.295 e. The monoisotopic (exact) mass is 292 g/mol. The molecule has 2 nitrogen and oxygen atoms in total. The first-order valence-corrected chi connectivity index (χ1v) is 7.86. The van der Waals surface area contributed by atoms with Gasteiger partial charge in [-0.05, 0) is 67.5 Å². The highest BCUT2D eigenvalue weighted by Gasteiger charge is 2.21. The molecular formula is C20H20O2. The predicted octanol–water partition coefficient (Wildman–Crippen LogP) is 5.03. The third-order valence-electron chi connectivity index (χ3n) is 4.50. The van der Waals surface area contributed by atoms with E-state index in [1.165, 1.54) is 0 Å². The number of ketones is 2. The van der Waals surface area contributed by atoms with E-state index in [-0.39, 0.29) is 11.6 Å². The highest BCUT2D eigenvalue weighted by molar-refractivity contribution is 6.19. The number of benzene rings is 2. The third-order valence-corrected chi connectivity index (χ3v) is 4.50. The number of Topliss-reactive ketones (excluding diaryl/α,β-unsaturated/α-hetero) is 2. The summed E-state index contributed by atoms with van der Waals surface area (Å²) in [5.41, 5.74) is 3.07. The molecule has 0 aromatic heterocycles. The topological polar surface area (TPSA) is 34.1 Å². The van der Waals surface area contributed by atoms with Gasteiger partial charge < -0.3 is 0 Å². The van der Waals surface area contributed by atoms with Crippen molar-refractivity contribution in [2.75, 3.05) is 0 Å². The Bertz CT molecular complexity index is 797. The molecule has 2 aromatic rings. The molecule has 0 heterocycles. The van der Waals surface area contributed by atoms with Crippen molar-refractivity contribution in [3.63, 3.8) is 0 Å². The maximum atomic E-state index is 13.0.